The second kappa shape index (κ2) is 5.61. The lowest BCUT2D eigenvalue weighted by atomic mass is 10.4. The third kappa shape index (κ3) is 3.96. The van der Waals surface area contributed by atoms with Gasteiger partial charge in [0.05, 0.1) is 12.3 Å². The second-order valence-electron chi connectivity index (χ2n) is 2.93. The molecule has 0 amide bonds. The number of nitrogens with zero attached hydrogens (tertiary/aromatic N) is 3. The Labute approximate surface area is 78.6 Å². The van der Waals surface area contributed by atoms with Crippen LogP contribution in [0.4, 0.5) is 0 Å². The SMILES string of the molecule is COCCN(C)Cc1cnccn1. The van der Waals surface area contributed by atoms with Crippen LogP contribution >= 0.6 is 0 Å². The van der Waals surface area contributed by atoms with Crippen LogP contribution in [0.15, 0.2) is 18.6 Å². The smallest absolute Gasteiger partial charge is 0.0726 e. The van der Waals surface area contributed by atoms with E-state index in [9.17, 15) is 0 Å². The Hall–Kier alpha value is -1.00. The molecule has 1 aromatic heterocycles. The van der Waals surface area contributed by atoms with Crippen molar-refractivity contribution in [3.8, 4) is 0 Å². The van der Waals surface area contributed by atoms with Gasteiger partial charge in [-0.1, -0.05) is 0 Å². The maximum Gasteiger partial charge on any atom is 0.0726 e. The first-order valence-corrected chi connectivity index (χ1v) is 4.25. The predicted molar refractivity (Wildman–Crippen MR) is 50.2 cm³/mol. The van der Waals surface area contributed by atoms with Crippen LogP contribution < -0.4 is 0 Å². The molecule has 0 bridgehead atoms. The van der Waals surface area contributed by atoms with Gasteiger partial charge < -0.3 is 4.74 Å². The normalized spacial score (nSPS) is 10.7. The van der Waals surface area contributed by atoms with Crippen LogP contribution in [0.1, 0.15) is 5.69 Å². The van der Waals surface area contributed by atoms with E-state index in [1.165, 1.54) is 0 Å². The predicted octanol–water partition coefficient (Wildman–Crippen LogP) is 0.555. The second-order valence-corrected chi connectivity index (χ2v) is 2.93. The van der Waals surface area contributed by atoms with Gasteiger partial charge in [0, 0.05) is 38.8 Å². The Balaban J connectivity index is 2.32. The van der Waals surface area contributed by atoms with E-state index >= 15 is 0 Å². The topological polar surface area (TPSA) is 38.2 Å². The minimum absolute atomic E-state index is 0.747. The number of likely N-dealkylation sites (N-methyl/N-ethyl adjacent to an activating group) is 1. The van der Waals surface area contributed by atoms with Gasteiger partial charge in [0.1, 0.15) is 0 Å². The van der Waals surface area contributed by atoms with E-state index in [2.05, 4.69) is 14.9 Å². The Kier molecular flexibility index (Phi) is 4.35. The van der Waals surface area contributed by atoms with Crippen molar-refractivity contribution in [2.24, 2.45) is 0 Å². The molecule has 0 spiro atoms. The molecule has 0 aromatic carbocycles. The molecule has 4 heteroatoms. The molecule has 1 rings (SSSR count). The molecule has 0 aliphatic heterocycles. The summed E-state index contributed by atoms with van der Waals surface area (Å²) < 4.78 is 4.97. The third-order valence-electron chi connectivity index (χ3n) is 1.73. The van der Waals surface area contributed by atoms with Crippen molar-refractivity contribution in [1.82, 2.24) is 14.9 Å². The van der Waals surface area contributed by atoms with Crippen molar-refractivity contribution in [2.75, 3.05) is 27.3 Å². The molecule has 0 unspecified atom stereocenters. The van der Waals surface area contributed by atoms with Crippen molar-refractivity contribution in [1.29, 1.82) is 0 Å². The summed E-state index contributed by atoms with van der Waals surface area (Å²) in [6.45, 7) is 2.47. The first-order valence-electron chi connectivity index (χ1n) is 4.25. The highest BCUT2D eigenvalue weighted by Gasteiger charge is 1.99. The molecule has 0 radical (unpaired) electrons. The highest BCUT2D eigenvalue weighted by Crippen LogP contribution is 1.95. The zero-order valence-electron chi connectivity index (χ0n) is 8.10. The van der Waals surface area contributed by atoms with Crippen LogP contribution in [0.5, 0.6) is 0 Å². The fourth-order valence-corrected chi connectivity index (χ4v) is 1.01. The Morgan fingerprint density at radius 3 is 2.92 bits per heavy atom. The van der Waals surface area contributed by atoms with Gasteiger partial charge in [-0.05, 0) is 7.05 Å². The van der Waals surface area contributed by atoms with Crippen molar-refractivity contribution < 1.29 is 4.74 Å². The highest BCUT2D eigenvalue weighted by atomic mass is 16.5. The minimum atomic E-state index is 0.747. The molecule has 0 aliphatic carbocycles. The third-order valence-corrected chi connectivity index (χ3v) is 1.73. The number of hydrogen-bond donors (Lipinski definition) is 0. The van der Waals surface area contributed by atoms with Crippen LogP contribution in [0, 0.1) is 0 Å². The molecule has 0 N–H and O–H groups in total. The number of aromatic nitrogens is 2. The van der Waals surface area contributed by atoms with E-state index in [0.29, 0.717) is 0 Å². The fourth-order valence-electron chi connectivity index (χ4n) is 1.01. The molecule has 0 aliphatic rings. The van der Waals surface area contributed by atoms with Gasteiger partial charge in [-0.2, -0.15) is 0 Å². The quantitative estimate of drug-likeness (QED) is 0.665. The van der Waals surface area contributed by atoms with Crippen LogP contribution in [0.3, 0.4) is 0 Å². The first kappa shape index (κ1) is 10.1. The number of methoxy groups -OCH3 is 1. The molecule has 0 saturated carbocycles. The van der Waals surface area contributed by atoms with E-state index in [0.717, 1.165) is 25.4 Å². The molecule has 1 aromatic rings. The molecular formula is C9H15N3O. The van der Waals surface area contributed by atoms with Gasteiger partial charge in [0.15, 0.2) is 0 Å². The molecule has 72 valence electrons. The van der Waals surface area contributed by atoms with Crippen LogP contribution in [0.25, 0.3) is 0 Å². The van der Waals surface area contributed by atoms with E-state index in [4.69, 9.17) is 4.74 Å². The minimum Gasteiger partial charge on any atom is -0.383 e. The monoisotopic (exact) mass is 181 g/mol. The van der Waals surface area contributed by atoms with Crippen LogP contribution in [-0.2, 0) is 11.3 Å². The lowest BCUT2D eigenvalue weighted by molar-refractivity contribution is 0.158. The zero-order chi connectivity index (χ0) is 9.52. The summed E-state index contributed by atoms with van der Waals surface area (Å²) >= 11 is 0. The Bertz CT molecular complexity index is 228. The number of hydrogen-bond acceptors (Lipinski definition) is 4. The summed E-state index contributed by atoms with van der Waals surface area (Å²) in [5.41, 5.74) is 0.987. The average molecular weight is 181 g/mol. The van der Waals surface area contributed by atoms with Gasteiger partial charge in [-0.15, -0.1) is 0 Å². The van der Waals surface area contributed by atoms with Gasteiger partial charge in [-0.3, -0.25) is 14.9 Å². The molecule has 0 atom stereocenters. The zero-order valence-corrected chi connectivity index (χ0v) is 8.10. The fraction of sp³-hybridized carbons (Fsp3) is 0.556. The van der Waals surface area contributed by atoms with E-state index in [1.807, 2.05) is 7.05 Å². The van der Waals surface area contributed by atoms with Crippen LogP contribution in [-0.4, -0.2) is 42.2 Å². The molecule has 1 heterocycles. The van der Waals surface area contributed by atoms with Crippen molar-refractivity contribution in [3.05, 3.63) is 24.3 Å². The Morgan fingerprint density at radius 1 is 1.46 bits per heavy atom. The van der Waals surface area contributed by atoms with Gasteiger partial charge in [0.25, 0.3) is 0 Å². The Morgan fingerprint density at radius 2 is 2.31 bits per heavy atom. The number of rotatable bonds is 5. The molecule has 0 fully saturated rings. The standard InChI is InChI=1S/C9H15N3O/c1-12(5-6-13-2)8-9-7-10-3-4-11-9/h3-4,7H,5-6,8H2,1-2H3. The molecule has 4 nitrogen and oxygen atoms in total. The van der Waals surface area contributed by atoms with Crippen molar-refractivity contribution in [2.45, 2.75) is 6.54 Å². The molecular weight excluding hydrogens is 166 g/mol. The van der Waals surface area contributed by atoms with Gasteiger partial charge in [0.2, 0.25) is 0 Å². The lowest BCUT2D eigenvalue weighted by Crippen LogP contribution is -2.22. The summed E-state index contributed by atoms with van der Waals surface area (Å²) in [5, 5.41) is 0. The lowest BCUT2D eigenvalue weighted by Gasteiger charge is -2.14. The first-order chi connectivity index (χ1) is 6.33. The average Bonchev–Trinajstić information content (AvgIpc) is 2.16. The van der Waals surface area contributed by atoms with Gasteiger partial charge in [-0.25, -0.2) is 0 Å². The summed E-state index contributed by atoms with van der Waals surface area (Å²) in [5.74, 6) is 0. The van der Waals surface area contributed by atoms with Crippen molar-refractivity contribution >= 4 is 0 Å². The van der Waals surface area contributed by atoms with E-state index in [-0.39, 0.29) is 0 Å². The highest BCUT2D eigenvalue weighted by molar-refractivity contribution is 4.93. The summed E-state index contributed by atoms with van der Waals surface area (Å²) in [6, 6.07) is 0. The van der Waals surface area contributed by atoms with Crippen LogP contribution in [0.2, 0.25) is 0 Å². The van der Waals surface area contributed by atoms with E-state index < -0.39 is 0 Å². The summed E-state index contributed by atoms with van der Waals surface area (Å²) in [4.78, 5) is 10.3. The maximum absolute atomic E-state index is 4.97. The maximum atomic E-state index is 4.97. The summed E-state index contributed by atoms with van der Waals surface area (Å²) in [7, 11) is 3.74. The molecule has 13 heavy (non-hydrogen) atoms. The van der Waals surface area contributed by atoms with Gasteiger partial charge >= 0.3 is 0 Å². The molecule has 0 saturated heterocycles. The van der Waals surface area contributed by atoms with E-state index in [1.54, 1.807) is 25.7 Å². The number of ether oxygens (including phenoxy) is 1. The largest absolute Gasteiger partial charge is 0.383 e. The summed E-state index contributed by atoms with van der Waals surface area (Å²) in [6.07, 6.45) is 5.17. The van der Waals surface area contributed by atoms with Crippen molar-refractivity contribution in [3.63, 3.8) is 0 Å².